The average molecular weight is 367 g/mol. The van der Waals surface area contributed by atoms with Gasteiger partial charge < -0.3 is 24.8 Å². The number of nitrogens with zero attached hydrogens (tertiary/aromatic N) is 1. The van der Waals surface area contributed by atoms with Gasteiger partial charge in [-0.25, -0.2) is 9.59 Å². The van der Waals surface area contributed by atoms with Gasteiger partial charge in [0.2, 0.25) is 0 Å². The molecule has 1 aliphatic heterocycles. The number of nitrogens with one attached hydrogen (secondary N) is 1. The molecular weight excluding hydrogens is 348 g/mol. The maximum Gasteiger partial charge on any atom is 0.328 e. The number of rotatable bonds is 3. The van der Waals surface area contributed by atoms with Crippen LogP contribution in [0.2, 0.25) is 5.02 Å². The number of carboxylic acid groups (broad SMARTS) is 2. The zero-order valence-electron chi connectivity index (χ0n) is 13.6. The minimum absolute atomic E-state index is 0.454. The lowest BCUT2D eigenvalue weighted by molar-refractivity contribution is -0.134. The van der Waals surface area contributed by atoms with E-state index in [0.717, 1.165) is 41.3 Å². The van der Waals surface area contributed by atoms with Crippen molar-refractivity contribution in [3.05, 3.63) is 41.6 Å². The van der Waals surface area contributed by atoms with Crippen molar-refractivity contribution in [3.63, 3.8) is 0 Å². The number of hydrogen-bond acceptors (Lipinski definition) is 5. The number of aliphatic carboxylic acids is 2. The van der Waals surface area contributed by atoms with Crippen LogP contribution >= 0.6 is 11.6 Å². The summed E-state index contributed by atoms with van der Waals surface area (Å²) in [4.78, 5) is 21.5. The molecule has 1 atom stereocenters. The van der Waals surface area contributed by atoms with Gasteiger partial charge in [0, 0.05) is 48.2 Å². The van der Waals surface area contributed by atoms with Crippen molar-refractivity contribution in [1.29, 1.82) is 0 Å². The second kappa shape index (κ2) is 8.55. The summed E-state index contributed by atoms with van der Waals surface area (Å²) >= 11 is 6.16. The zero-order valence-corrected chi connectivity index (χ0v) is 14.4. The summed E-state index contributed by atoms with van der Waals surface area (Å²) in [5, 5.41) is 20.8. The molecule has 0 saturated carbocycles. The van der Waals surface area contributed by atoms with E-state index in [2.05, 4.69) is 17.1 Å². The first-order valence-electron chi connectivity index (χ1n) is 7.66. The van der Waals surface area contributed by atoms with Crippen molar-refractivity contribution < 1.29 is 24.2 Å². The monoisotopic (exact) mass is 366 g/mol. The zero-order chi connectivity index (χ0) is 18.4. The quantitative estimate of drug-likeness (QED) is 0.717. The lowest BCUT2D eigenvalue weighted by atomic mass is 10.1. The summed E-state index contributed by atoms with van der Waals surface area (Å²) in [5.41, 5.74) is 2.04. The molecule has 1 aromatic carbocycles. The van der Waals surface area contributed by atoms with Gasteiger partial charge in [0.05, 0.1) is 12.0 Å². The van der Waals surface area contributed by atoms with Crippen LogP contribution < -0.4 is 10.2 Å². The third-order valence-electron chi connectivity index (χ3n) is 3.68. The van der Waals surface area contributed by atoms with Crippen LogP contribution in [0.5, 0.6) is 0 Å². The van der Waals surface area contributed by atoms with Crippen LogP contribution in [-0.2, 0) is 9.59 Å². The van der Waals surface area contributed by atoms with E-state index in [9.17, 15) is 9.59 Å². The van der Waals surface area contributed by atoms with Gasteiger partial charge in [-0.1, -0.05) is 11.6 Å². The molecule has 0 radical (unpaired) electrons. The molecule has 3 rings (SSSR count). The fourth-order valence-electron chi connectivity index (χ4n) is 2.58. The number of piperazine rings is 1. The highest BCUT2D eigenvalue weighted by atomic mass is 35.5. The predicted molar refractivity (Wildman–Crippen MR) is 95.3 cm³/mol. The minimum atomic E-state index is -1.26. The molecule has 1 saturated heterocycles. The van der Waals surface area contributed by atoms with Crippen LogP contribution in [0.4, 0.5) is 5.69 Å². The van der Waals surface area contributed by atoms with Gasteiger partial charge in [0.1, 0.15) is 0 Å². The number of furan rings is 1. The molecule has 0 aliphatic carbocycles. The molecular formula is C17H19ClN2O5. The Kier molecular flexibility index (Phi) is 6.44. The lowest BCUT2D eigenvalue weighted by Crippen LogP contribution is -2.50. The van der Waals surface area contributed by atoms with Crippen LogP contribution in [0.25, 0.3) is 11.0 Å². The number of carbonyl (C=O) groups is 2. The Hall–Kier alpha value is -2.51. The van der Waals surface area contributed by atoms with Gasteiger partial charge in [-0.15, -0.1) is 0 Å². The topological polar surface area (TPSA) is 103 Å². The molecule has 8 heteroatoms. The summed E-state index contributed by atoms with van der Waals surface area (Å²) in [6, 6.07) is 6.35. The molecule has 1 aliphatic rings. The molecule has 25 heavy (non-hydrogen) atoms. The van der Waals surface area contributed by atoms with Gasteiger partial charge in [0.15, 0.2) is 5.58 Å². The van der Waals surface area contributed by atoms with Crippen molar-refractivity contribution >= 4 is 40.2 Å². The summed E-state index contributed by atoms with van der Waals surface area (Å²) < 4.78 is 5.58. The molecule has 0 unspecified atom stereocenters. The Morgan fingerprint density at radius 3 is 2.60 bits per heavy atom. The molecule has 0 spiro atoms. The third kappa shape index (κ3) is 5.23. The molecule has 7 nitrogen and oxygen atoms in total. The number of halogens is 1. The molecule has 1 fully saturated rings. The van der Waals surface area contributed by atoms with Gasteiger partial charge in [-0.05, 0) is 25.1 Å². The number of benzene rings is 1. The van der Waals surface area contributed by atoms with Crippen molar-refractivity contribution in [2.75, 3.05) is 24.5 Å². The van der Waals surface area contributed by atoms with Gasteiger partial charge in [0.25, 0.3) is 0 Å². The third-order valence-corrected chi connectivity index (χ3v) is 3.89. The van der Waals surface area contributed by atoms with Crippen LogP contribution in [0, 0.1) is 0 Å². The predicted octanol–water partition coefficient (Wildman–Crippen LogP) is 2.60. The van der Waals surface area contributed by atoms with E-state index >= 15 is 0 Å². The molecule has 2 heterocycles. The van der Waals surface area contributed by atoms with Gasteiger partial charge >= 0.3 is 11.9 Å². The molecule has 2 aromatic rings. The second-order valence-electron chi connectivity index (χ2n) is 5.52. The maximum absolute atomic E-state index is 9.55. The normalized spacial score (nSPS) is 17.4. The Balaban J connectivity index is 0.000000242. The summed E-state index contributed by atoms with van der Waals surface area (Å²) in [6.45, 7) is 5.19. The van der Waals surface area contributed by atoms with E-state index in [1.807, 2.05) is 18.2 Å². The van der Waals surface area contributed by atoms with Gasteiger partial charge in [-0.2, -0.15) is 0 Å². The Morgan fingerprint density at radius 1 is 1.32 bits per heavy atom. The maximum atomic E-state index is 9.55. The van der Waals surface area contributed by atoms with E-state index in [4.69, 9.17) is 26.2 Å². The first kappa shape index (κ1) is 18.8. The summed E-state index contributed by atoms with van der Waals surface area (Å²) in [5.74, 6) is -2.51. The Bertz CT molecular complexity index is 770. The highest BCUT2D eigenvalue weighted by Crippen LogP contribution is 2.32. The summed E-state index contributed by atoms with van der Waals surface area (Å²) in [7, 11) is 0. The van der Waals surface area contributed by atoms with E-state index in [1.54, 1.807) is 6.26 Å². The molecule has 1 aromatic heterocycles. The fraction of sp³-hybridized carbons (Fsp3) is 0.294. The van der Waals surface area contributed by atoms with Crippen LogP contribution in [0.3, 0.4) is 0 Å². The molecule has 3 N–H and O–H groups in total. The van der Waals surface area contributed by atoms with Crippen molar-refractivity contribution in [2.45, 2.75) is 13.0 Å². The van der Waals surface area contributed by atoms with Crippen molar-refractivity contribution in [1.82, 2.24) is 5.32 Å². The van der Waals surface area contributed by atoms with Crippen molar-refractivity contribution in [3.8, 4) is 0 Å². The SMILES string of the molecule is C[C@H]1CNCCN1c1cc(Cl)cc2ccoc12.O=C(O)C=CC(=O)O. The first-order valence-corrected chi connectivity index (χ1v) is 8.04. The molecule has 0 bridgehead atoms. The largest absolute Gasteiger partial charge is 0.478 e. The smallest absolute Gasteiger partial charge is 0.328 e. The Morgan fingerprint density at radius 2 is 2.00 bits per heavy atom. The van der Waals surface area contributed by atoms with E-state index in [-0.39, 0.29) is 0 Å². The highest BCUT2D eigenvalue weighted by Gasteiger charge is 2.21. The van der Waals surface area contributed by atoms with Crippen LogP contribution in [-0.4, -0.2) is 47.8 Å². The first-order chi connectivity index (χ1) is 11.9. The van der Waals surface area contributed by atoms with E-state index in [0.29, 0.717) is 18.2 Å². The van der Waals surface area contributed by atoms with Crippen molar-refractivity contribution in [2.24, 2.45) is 0 Å². The number of carboxylic acids is 2. The standard InChI is InChI=1S/C13H15ClN2O.C4H4O4/c1-9-8-15-3-4-16(9)12-7-11(14)6-10-2-5-17-13(10)12;5-3(6)1-2-4(7)8/h2,5-7,9,15H,3-4,8H2,1H3;1-2H,(H,5,6)(H,7,8)/t9-;/m0./s1. The average Bonchev–Trinajstić information content (AvgIpc) is 3.01. The minimum Gasteiger partial charge on any atom is -0.478 e. The lowest BCUT2D eigenvalue weighted by Gasteiger charge is -2.35. The van der Waals surface area contributed by atoms with Gasteiger partial charge in [-0.3, -0.25) is 0 Å². The van der Waals surface area contributed by atoms with Crippen LogP contribution in [0.15, 0.2) is 41.0 Å². The van der Waals surface area contributed by atoms with E-state index < -0.39 is 11.9 Å². The number of hydrogen-bond donors (Lipinski definition) is 3. The second-order valence-corrected chi connectivity index (χ2v) is 5.96. The number of anilines is 1. The van der Waals surface area contributed by atoms with Crippen LogP contribution in [0.1, 0.15) is 6.92 Å². The number of fused-ring (bicyclic) bond motifs is 1. The molecule has 0 amide bonds. The fourth-order valence-corrected chi connectivity index (χ4v) is 2.80. The summed E-state index contributed by atoms with van der Waals surface area (Å²) in [6.07, 6.45) is 2.84. The van der Waals surface area contributed by atoms with E-state index in [1.165, 1.54) is 0 Å². The molecule has 134 valence electrons. The Labute approximate surface area is 149 Å². The highest BCUT2D eigenvalue weighted by molar-refractivity contribution is 6.31.